The van der Waals surface area contributed by atoms with Crippen LogP contribution >= 0.6 is 0 Å². The van der Waals surface area contributed by atoms with Gasteiger partial charge in [0.15, 0.2) is 0 Å². The maximum Gasteiger partial charge on any atom is 0.130 e. The van der Waals surface area contributed by atoms with E-state index in [4.69, 9.17) is 5.73 Å². The van der Waals surface area contributed by atoms with Gasteiger partial charge in [-0.3, -0.25) is 0 Å². The first kappa shape index (κ1) is 10.8. The molecule has 0 aliphatic heterocycles. The Morgan fingerprint density at radius 3 is 2.64 bits per heavy atom. The van der Waals surface area contributed by atoms with E-state index >= 15 is 0 Å². The molecule has 2 N–H and O–H groups in total. The number of hydrogen-bond acceptors (Lipinski definition) is 3. The Hall–Kier alpha value is -1.25. The Morgan fingerprint density at radius 2 is 2.14 bits per heavy atom. The number of hydrogen-bond donors (Lipinski definition) is 1. The predicted octanol–water partition coefficient (Wildman–Crippen LogP) is 2.21. The van der Waals surface area contributed by atoms with Gasteiger partial charge in [0.25, 0.3) is 0 Å². The summed E-state index contributed by atoms with van der Waals surface area (Å²) in [5.41, 5.74) is 7.71. The van der Waals surface area contributed by atoms with Crippen molar-refractivity contribution in [1.29, 1.82) is 0 Å². The lowest BCUT2D eigenvalue weighted by molar-refractivity contribution is 0.778. The second kappa shape index (κ2) is 4.84. The minimum absolute atomic E-state index is 0.824. The van der Waals surface area contributed by atoms with Crippen LogP contribution in [0.4, 0.5) is 11.5 Å². The van der Waals surface area contributed by atoms with Crippen LogP contribution in [0.1, 0.15) is 25.8 Å². The van der Waals surface area contributed by atoms with Gasteiger partial charge in [0.2, 0.25) is 0 Å². The molecule has 14 heavy (non-hydrogen) atoms. The molecule has 0 bridgehead atoms. The van der Waals surface area contributed by atoms with Gasteiger partial charge >= 0.3 is 0 Å². The average Bonchev–Trinajstić information content (AvgIpc) is 2.19. The van der Waals surface area contributed by atoms with Crippen molar-refractivity contribution in [3.05, 3.63) is 17.8 Å². The standard InChI is InChI=1S/C11H19N3/c1-4-6-14(5-2)11-7-10(12)9(3)8-13-11/h7-8H,4-6H2,1-3H3,(H2,12,13). The van der Waals surface area contributed by atoms with Crippen LogP contribution in [0.25, 0.3) is 0 Å². The summed E-state index contributed by atoms with van der Waals surface area (Å²) in [5, 5.41) is 0. The molecule has 0 radical (unpaired) electrons. The van der Waals surface area contributed by atoms with Crippen molar-refractivity contribution in [3.63, 3.8) is 0 Å². The minimum Gasteiger partial charge on any atom is -0.398 e. The first-order valence-electron chi connectivity index (χ1n) is 5.16. The van der Waals surface area contributed by atoms with Crippen LogP contribution in [0.2, 0.25) is 0 Å². The molecule has 0 saturated heterocycles. The molecule has 1 rings (SSSR count). The summed E-state index contributed by atoms with van der Waals surface area (Å²) in [6.45, 7) is 8.28. The number of aromatic nitrogens is 1. The third-order valence-corrected chi connectivity index (χ3v) is 2.33. The van der Waals surface area contributed by atoms with Crippen LogP contribution < -0.4 is 10.6 Å². The molecule has 0 atom stereocenters. The molecule has 0 aliphatic carbocycles. The fourth-order valence-corrected chi connectivity index (χ4v) is 1.41. The summed E-state index contributed by atoms with van der Waals surface area (Å²) in [6.07, 6.45) is 2.96. The molecule has 3 heteroatoms. The number of pyridine rings is 1. The molecular formula is C11H19N3. The van der Waals surface area contributed by atoms with Gasteiger partial charge in [-0.1, -0.05) is 6.92 Å². The van der Waals surface area contributed by atoms with Gasteiger partial charge < -0.3 is 10.6 Å². The highest BCUT2D eigenvalue weighted by atomic mass is 15.2. The molecule has 0 unspecified atom stereocenters. The quantitative estimate of drug-likeness (QED) is 0.797. The summed E-state index contributed by atoms with van der Waals surface area (Å²) < 4.78 is 0. The topological polar surface area (TPSA) is 42.1 Å². The molecule has 0 amide bonds. The highest BCUT2D eigenvalue weighted by molar-refractivity contribution is 5.54. The zero-order chi connectivity index (χ0) is 10.6. The van der Waals surface area contributed by atoms with Gasteiger partial charge in [-0.2, -0.15) is 0 Å². The number of nitrogens with two attached hydrogens (primary N) is 1. The van der Waals surface area contributed by atoms with Crippen LogP contribution in [0.3, 0.4) is 0 Å². The average molecular weight is 193 g/mol. The summed E-state index contributed by atoms with van der Waals surface area (Å²) >= 11 is 0. The van der Waals surface area contributed by atoms with E-state index in [1.807, 2.05) is 19.2 Å². The van der Waals surface area contributed by atoms with E-state index in [2.05, 4.69) is 23.7 Å². The van der Waals surface area contributed by atoms with Crippen molar-refractivity contribution in [2.45, 2.75) is 27.2 Å². The number of nitrogen functional groups attached to an aromatic ring is 1. The van der Waals surface area contributed by atoms with Crippen LogP contribution in [-0.2, 0) is 0 Å². The SMILES string of the molecule is CCCN(CC)c1cc(N)c(C)cn1. The largest absolute Gasteiger partial charge is 0.398 e. The van der Waals surface area contributed by atoms with Gasteiger partial charge in [0.05, 0.1) is 0 Å². The summed E-state index contributed by atoms with van der Waals surface area (Å²) in [4.78, 5) is 6.61. The number of nitrogens with zero attached hydrogens (tertiary/aromatic N) is 2. The molecule has 0 aromatic carbocycles. The van der Waals surface area contributed by atoms with Gasteiger partial charge in [0.1, 0.15) is 5.82 Å². The zero-order valence-electron chi connectivity index (χ0n) is 9.25. The molecule has 78 valence electrons. The van der Waals surface area contributed by atoms with Crippen molar-refractivity contribution < 1.29 is 0 Å². The number of aryl methyl sites for hydroxylation is 1. The molecule has 0 spiro atoms. The fraction of sp³-hybridized carbons (Fsp3) is 0.545. The van der Waals surface area contributed by atoms with Gasteiger partial charge in [-0.25, -0.2) is 4.98 Å². The first-order chi connectivity index (χ1) is 6.69. The summed E-state index contributed by atoms with van der Waals surface area (Å²) in [7, 11) is 0. The molecule has 3 nitrogen and oxygen atoms in total. The molecule has 0 fully saturated rings. The van der Waals surface area contributed by atoms with Crippen molar-refractivity contribution in [2.75, 3.05) is 23.7 Å². The lowest BCUT2D eigenvalue weighted by Crippen LogP contribution is -2.24. The second-order valence-electron chi connectivity index (χ2n) is 3.48. The zero-order valence-corrected chi connectivity index (χ0v) is 9.25. The molecule has 1 aromatic heterocycles. The van der Waals surface area contributed by atoms with Crippen LogP contribution in [0, 0.1) is 6.92 Å². The highest BCUT2D eigenvalue weighted by Crippen LogP contribution is 2.17. The predicted molar refractivity (Wildman–Crippen MR) is 61.6 cm³/mol. The van der Waals surface area contributed by atoms with Crippen molar-refractivity contribution in [1.82, 2.24) is 4.98 Å². The number of anilines is 2. The Morgan fingerprint density at radius 1 is 1.43 bits per heavy atom. The van der Waals surface area contributed by atoms with Crippen molar-refractivity contribution in [3.8, 4) is 0 Å². The van der Waals surface area contributed by atoms with E-state index in [0.717, 1.165) is 36.6 Å². The Labute approximate surface area is 85.9 Å². The normalized spacial score (nSPS) is 10.2. The maximum absolute atomic E-state index is 5.84. The Balaban J connectivity index is 2.88. The molecule has 1 aromatic rings. The Kier molecular flexibility index (Phi) is 3.74. The fourth-order valence-electron chi connectivity index (χ4n) is 1.41. The van der Waals surface area contributed by atoms with E-state index in [-0.39, 0.29) is 0 Å². The smallest absolute Gasteiger partial charge is 0.130 e. The molecule has 0 saturated carbocycles. The lowest BCUT2D eigenvalue weighted by Gasteiger charge is -2.21. The van der Waals surface area contributed by atoms with E-state index < -0.39 is 0 Å². The van der Waals surface area contributed by atoms with E-state index in [1.165, 1.54) is 0 Å². The van der Waals surface area contributed by atoms with Crippen LogP contribution in [0.15, 0.2) is 12.3 Å². The minimum atomic E-state index is 0.824. The number of rotatable bonds is 4. The maximum atomic E-state index is 5.84. The van der Waals surface area contributed by atoms with Crippen LogP contribution in [0.5, 0.6) is 0 Å². The second-order valence-corrected chi connectivity index (χ2v) is 3.48. The van der Waals surface area contributed by atoms with Gasteiger partial charge in [0, 0.05) is 31.0 Å². The summed E-state index contributed by atoms with van der Waals surface area (Å²) in [5.74, 6) is 0.984. The third kappa shape index (κ3) is 2.37. The van der Waals surface area contributed by atoms with Crippen molar-refractivity contribution in [2.24, 2.45) is 0 Å². The monoisotopic (exact) mass is 193 g/mol. The molecule has 1 heterocycles. The van der Waals surface area contributed by atoms with Gasteiger partial charge in [-0.15, -0.1) is 0 Å². The molecular weight excluding hydrogens is 174 g/mol. The first-order valence-corrected chi connectivity index (χ1v) is 5.16. The van der Waals surface area contributed by atoms with Gasteiger partial charge in [-0.05, 0) is 25.8 Å². The molecule has 0 aliphatic rings. The lowest BCUT2D eigenvalue weighted by atomic mass is 10.2. The van der Waals surface area contributed by atoms with E-state index in [1.54, 1.807) is 0 Å². The van der Waals surface area contributed by atoms with E-state index in [9.17, 15) is 0 Å². The third-order valence-electron chi connectivity index (χ3n) is 2.33. The van der Waals surface area contributed by atoms with E-state index in [0.29, 0.717) is 0 Å². The Bertz CT molecular complexity index is 297. The highest BCUT2D eigenvalue weighted by Gasteiger charge is 2.05. The van der Waals surface area contributed by atoms with Crippen molar-refractivity contribution >= 4 is 11.5 Å². The summed E-state index contributed by atoms with van der Waals surface area (Å²) in [6, 6.07) is 1.95. The van der Waals surface area contributed by atoms with Crippen LogP contribution in [-0.4, -0.2) is 18.1 Å².